The van der Waals surface area contributed by atoms with E-state index in [-0.39, 0.29) is 17.1 Å². The van der Waals surface area contributed by atoms with Gasteiger partial charge in [0.1, 0.15) is 5.69 Å². The van der Waals surface area contributed by atoms with Crippen molar-refractivity contribution in [1.82, 2.24) is 15.2 Å². The first-order chi connectivity index (χ1) is 14.6. The number of benzene rings is 3. The van der Waals surface area contributed by atoms with E-state index < -0.39 is 5.91 Å². The Kier molecular flexibility index (Phi) is 5.25. The molecule has 4 rings (SSSR count). The smallest absolute Gasteiger partial charge is 0.275 e. The zero-order chi connectivity index (χ0) is 20.9. The van der Waals surface area contributed by atoms with Gasteiger partial charge in [0.05, 0.1) is 17.5 Å². The van der Waals surface area contributed by atoms with E-state index in [0.29, 0.717) is 11.3 Å². The summed E-state index contributed by atoms with van der Waals surface area (Å²) in [6.45, 7) is 0. The van der Waals surface area contributed by atoms with Gasteiger partial charge in [-0.3, -0.25) is 4.79 Å². The third kappa shape index (κ3) is 3.90. The Balaban J connectivity index is 1.65. The number of nitrogens with zero attached hydrogens (tertiary/aromatic N) is 3. The Bertz CT molecular complexity index is 1200. The number of hydrogen-bond donors (Lipinski definition) is 3. The largest absolute Gasteiger partial charge is 0.504 e. The minimum Gasteiger partial charge on any atom is -0.504 e. The summed E-state index contributed by atoms with van der Waals surface area (Å²) in [5, 5.41) is 27.9. The van der Waals surface area contributed by atoms with Gasteiger partial charge in [0, 0.05) is 17.3 Å². The van der Waals surface area contributed by atoms with Crippen LogP contribution < -0.4 is 5.43 Å². The number of amides is 1. The monoisotopic (exact) mass is 398 g/mol. The minimum atomic E-state index is -0.452. The van der Waals surface area contributed by atoms with Crippen LogP contribution in [0.2, 0.25) is 0 Å². The van der Waals surface area contributed by atoms with Gasteiger partial charge in [-0.1, -0.05) is 54.6 Å². The second-order valence-electron chi connectivity index (χ2n) is 6.45. The summed E-state index contributed by atoms with van der Waals surface area (Å²) in [5.74, 6) is -1.02. The zero-order valence-corrected chi connectivity index (χ0v) is 15.8. The minimum absolute atomic E-state index is 0.263. The summed E-state index contributed by atoms with van der Waals surface area (Å²) in [5.41, 5.74) is 5.22. The molecule has 0 saturated carbocycles. The first-order valence-electron chi connectivity index (χ1n) is 9.18. The molecule has 0 unspecified atom stereocenters. The van der Waals surface area contributed by atoms with Gasteiger partial charge >= 0.3 is 0 Å². The van der Waals surface area contributed by atoms with Crippen molar-refractivity contribution in [1.29, 1.82) is 0 Å². The molecule has 7 heteroatoms. The predicted octanol–water partition coefficient (Wildman–Crippen LogP) is 3.71. The number of rotatable bonds is 5. The summed E-state index contributed by atoms with van der Waals surface area (Å²) in [7, 11) is 0. The van der Waals surface area contributed by atoms with Gasteiger partial charge in [-0.2, -0.15) is 10.2 Å². The molecular weight excluding hydrogens is 380 g/mol. The number of carbonyl (C=O) groups is 1. The summed E-state index contributed by atoms with van der Waals surface area (Å²) in [4.78, 5) is 12.8. The lowest BCUT2D eigenvalue weighted by atomic mass is 10.1. The highest BCUT2D eigenvalue weighted by atomic mass is 16.3. The number of hydrazone groups is 1. The van der Waals surface area contributed by atoms with Crippen molar-refractivity contribution in [2.45, 2.75) is 0 Å². The molecule has 1 amide bonds. The maximum absolute atomic E-state index is 12.8. The van der Waals surface area contributed by atoms with Crippen LogP contribution in [-0.2, 0) is 0 Å². The van der Waals surface area contributed by atoms with Crippen LogP contribution in [0.25, 0.3) is 16.9 Å². The molecule has 0 fully saturated rings. The molecule has 30 heavy (non-hydrogen) atoms. The average Bonchev–Trinajstić information content (AvgIpc) is 3.23. The van der Waals surface area contributed by atoms with Crippen LogP contribution in [0.1, 0.15) is 15.9 Å². The molecule has 0 aliphatic rings. The van der Waals surface area contributed by atoms with E-state index in [2.05, 4.69) is 15.6 Å². The molecule has 3 aromatic carbocycles. The van der Waals surface area contributed by atoms with Crippen LogP contribution in [0.4, 0.5) is 0 Å². The molecule has 7 nitrogen and oxygen atoms in total. The van der Waals surface area contributed by atoms with Crippen molar-refractivity contribution in [3.63, 3.8) is 0 Å². The Hall–Kier alpha value is -4.39. The van der Waals surface area contributed by atoms with Gasteiger partial charge in [0.2, 0.25) is 0 Å². The molecule has 0 bridgehead atoms. The predicted molar refractivity (Wildman–Crippen MR) is 114 cm³/mol. The molecule has 0 atom stereocenters. The number of phenols is 2. The van der Waals surface area contributed by atoms with Crippen molar-refractivity contribution < 1.29 is 15.0 Å². The molecular formula is C23H18N4O3. The van der Waals surface area contributed by atoms with Crippen LogP contribution in [0.5, 0.6) is 11.5 Å². The fourth-order valence-corrected chi connectivity index (χ4v) is 2.94. The highest BCUT2D eigenvalue weighted by Gasteiger charge is 2.18. The lowest BCUT2D eigenvalue weighted by Gasteiger charge is -2.02. The van der Waals surface area contributed by atoms with Crippen molar-refractivity contribution in [2.75, 3.05) is 0 Å². The maximum atomic E-state index is 12.8. The second-order valence-corrected chi connectivity index (χ2v) is 6.45. The van der Waals surface area contributed by atoms with Gasteiger partial charge < -0.3 is 10.2 Å². The number of para-hydroxylation sites is 2. The molecule has 0 saturated heterocycles. The summed E-state index contributed by atoms with van der Waals surface area (Å²) < 4.78 is 1.64. The third-order valence-electron chi connectivity index (χ3n) is 4.44. The Morgan fingerprint density at radius 2 is 1.63 bits per heavy atom. The van der Waals surface area contributed by atoms with Crippen LogP contribution in [-0.4, -0.2) is 32.1 Å². The Morgan fingerprint density at radius 3 is 2.37 bits per heavy atom. The van der Waals surface area contributed by atoms with E-state index in [1.54, 1.807) is 23.0 Å². The van der Waals surface area contributed by atoms with Crippen molar-refractivity contribution in [3.05, 3.63) is 96.2 Å². The van der Waals surface area contributed by atoms with E-state index in [0.717, 1.165) is 11.3 Å². The lowest BCUT2D eigenvalue weighted by molar-refractivity contribution is 0.0955. The summed E-state index contributed by atoms with van der Waals surface area (Å²) in [6, 6.07) is 23.4. The van der Waals surface area contributed by atoms with Gasteiger partial charge in [-0.15, -0.1) is 0 Å². The van der Waals surface area contributed by atoms with Crippen molar-refractivity contribution >= 4 is 12.1 Å². The van der Waals surface area contributed by atoms with E-state index in [9.17, 15) is 15.0 Å². The lowest BCUT2D eigenvalue weighted by Crippen LogP contribution is -2.18. The fourth-order valence-electron chi connectivity index (χ4n) is 2.94. The summed E-state index contributed by atoms with van der Waals surface area (Å²) >= 11 is 0. The molecule has 0 radical (unpaired) electrons. The molecule has 1 aromatic heterocycles. The highest BCUT2D eigenvalue weighted by molar-refractivity contribution is 6.00. The van der Waals surface area contributed by atoms with Crippen LogP contribution in [0.15, 0.2) is 90.2 Å². The first kappa shape index (κ1) is 18.9. The molecule has 0 aliphatic heterocycles. The van der Waals surface area contributed by atoms with Crippen LogP contribution >= 0.6 is 0 Å². The van der Waals surface area contributed by atoms with E-state index in [1.807, 2.05) is 60.7 Å². The Labute approximate surface area is 172 Å². The third-order valence-corrected chi connectivity index (χ3v) is 4.44. The zero-order valence-electron chi connectivity index (χ0n) is 15.8. The van der Waals surface area contributed by atoms with Crippen molar-refractivity contribution in [3.8, 4) is 28.4 Å². The summed E-state index contributed by atoms with van der Waals surface area (Å²) in [6.07, 6.45) is 2.91. The van der Waals surface area contributed by atoms with Crippen LogP contribution in [0.3, 0.4) is 0 Å². The average molecular weight is 398 g/mol. The van der Waals surface area contributed by atoms with Crippen LogP contribution in [0, 0.1) is 0 Å². The fraction of sp³-hybridized carbons (Fsp3) is 0. The first-order valence-corrected chi connectivity index (χ1v) is 9.18. The normalized spacial score (nSPS) is 10.9. The van der Waals surface area contributed by atoms with Gasteiger partial charge in [0.25, 0.3) is 5.91 Å². The quantitative estimate of drug-likeness (QED) is 0.271. The number of aromatic hydroxyl groups is 2. The topological polar surface area (TPSA) is 99.7 Å². The van der Waals surface area contributed by atoms with Gasteiger partial charge in [0.15, 0.2) is 11.5 Å². The number of aromatic nitrogens is 2. The second kappa shape index (κ2) is 8.32. The highest BCUT2D eigenvalue weighted by Crippen LogP contribution is 2.27. The SMILES string of the molecule is O=C(N/N=C/c1cccc(O)c1O)c1cn(-c2ccccc2)nc1-c1ccccc1. The number of phenolic OH excluding ortho intramolecular Hbond substituents is 2. The standard InChI is InChI=1S/C23H18N4O3/c28-20-13-7-10-17(22(20)29)14-24-25-23(30)19-15-27(18-11-5-2-6-12-18)26-21(19)16-8-3-1-4-9-16/h1-15,28-29H,(H,25,30)/b24-14+. The number of carbonyl (C=O) groups excluding carboxylic acids is 1. The number of nitrogens with one attached hydrogen (secondary N) is 1. The molecule has 148 valence electrons. The maximum Gasteiger partial charge on any atom is 0.275 e. The molecule has 0 spiro atoms. The molecule has 4 aromatic rings. The molecule has 1 heterocycles. The number of hydrogen-bond acceptors (Lipinski definition) is 5. The van der Waals surface area contributed by atoms with Gasteiger partial charge in [-0.25, -0.2) is 10.1 Å². The Morgan fingerprint density at radius 1 is 0.933 bits per heavy atom. The van der Waals surface area contributed by atoms with E-state index >= 15 is 0 Å². The van der Waals surface area contributed by atoms with Gasteiger partial charge in [-0.05, 0) is 24.3 Å². The molecule has 0 aliphatic carbocycles. The van der Waals surface area contributed by atoms with E-state index in [1.165, 1.54) is 12.3 Å². The van der Waals surface area contributed by atoms with Crippen molar-refractivity contribution in [2.24, 2.45) is 5.10 Å². The molecule has 3 N–H and O–H groups in total. The van der Waals surface area contributed by atoms with E-state index in [4.69, 9.17) is 0 Å².